The smallest absolute Gasteiger partial charge is 0.163 e. The van der Waals surface area contributed by atoms with E-state index in [9.17, 15) is 0 Å². The third kappa shape index (κ3) is 2.14. The highest BCUT2D eigenvalue weighted by atomic mass is 15.3. The maximum absolute atomic E-state index is 4.41. The van der Waals surface area contributed by atoms with Gasteiger partial charge < -0.3 is 5.32 Å². The van der Waals surface area contributed by atoms with Gasteiger partial charge in [-0.2, -0.15) is 10.2 Å². The van der Waals surface area contributed by atoms with Gasteiger partial charge in [-0.1, -0.05) is 0 Å². The van der Waals surface area contributed by atoms with Crippen LogP contribution in [-0.2, 0) is 7.05 Å². The molecule has 1 atom stereocenters. The molecule has 7 heteroatoms. The minimum Gasteiger partial charge on any atom is -0.363 e. The Labute approximate surface area is 122 Å². The molecule has 0 aliphatic carbocycles. The predicted octanol–water partition coefficient (Wildman–Crippen LogP) is 2.18. The average Bonchev–Trinajstić information content (AvgIpc) is 2.91. The zero-order valence-corrected chi connectivity index (χ0v) is 12.9. The van der Waals surface area contributed by atoms with Crippen molar-refractivity contribution in [2.75, 3.05) is 5.32 Å². The molecule has 0 saturated heterocycles. The second-order valence-corrected chi connectivity index (χ2v) is 5.34. The van der Waals surface area contributed by atoms with Gasteiger partial charge in [-0.05, 0) is 27.7 Å². The van der Waals surface area contributed by atoms with Crippen molar-refractivity contribution >= 4 is 16.9 Å². The number of hydrogen-bond donors (Lipinski definition) is 2. The van der Waals surface area contributed by atoms with E-state index in [0.29, 0.717) is 0 Å². The lowest BCUT2D eigenvalue weighted by Gasteiger charge is -2.15. The molecule has 0 aliphatic rings. The summed E-state index contributed by atoms with van der Waals surface area (Å²) in [4.78, 5) is 8.68. The molecule has 3 rings (SSSR count). The van der Waals surface area contributed by atoms with Crippen LogP contribution in [0.4, 0.5) is 5.82 Å². The number of aryl methyl sites for hydroxylation is 4. The number of rotatable bonds is 3. The monoisotopic (exact) mass is 285 g/mol. The lowest BCUT2D eigenvalue weighted by atomic mass is 10.1. The van der Waals surface area contributed by atoms with Crippen molar-refractivity contribution in [3.05, 3.63) is 29.0 Å². The van der Waals surface area contributed by atoms with E-state index in [4.69, 9.17) is 0 Å². The van der Waals surface area contributed by atoms with E-state index >= 15 is 0 Å². The van der Waals surface area contributed by atoms with E-state index in [2.05, 4.69) is 37.5 Å². The van der Waals surface area contributed by atoms with Crippen molar-refractivity contribution < 1.29 is 0 Å². The van der Waals surface area contributed by atoms with Crippen molar-refractivity contribution in [3.63, 3.8) is 0 Å². The maximum Gasteiger partial charge on any atom is 0.163 e. The Hall–Kier alpha value is -2.44. The molecule has 3 aromatic rings. The number of nitrogens with one attached hydrogen (secondary N) is 2. The Morgan fingerprint density at radius 1 is 1.19 bits per heavy atom. The maximum atomic E-state index is 4.41. The van der Waals surface area contributed by atoms with Gasteiger partial charge in [-0.25, -0.2) is 9.97 Å². The van der Waals surface area contributed by atoms with Crippen LogP contribution in [0.2, 0.25) is 0 Å². The number of aromatic amines is 1. The first kappa shape index (κ1) is 13.5. The number of H-pyrrole nitrogens is 1. The third-order valence-corrected chi connectivity index (χ3v) is 3.77. The number of nitrogens with zero attached hydrogens (tertiary/aromatic N) is 5. The van der Waals surface area contributed by atoms with Gasteiger partial charge in [0.2, 0.25) is 0 Å². The first-order chi connectivity index (χ1) is 9.99. The lowest BCUT2D eigenvalue weighted by Crippen LogP contribution is -2.10. The second-order valence-electron chi connectivity index (χ2n) is 5.34. The standard InChI is InChI=1S/C14H19N7/c1-7(11-8(2)18-19-9(11)3)17-13-12-10(4)20-21(5)14(12)16-6-15-13/h6-7H,1-5H3,(H,18,19)(H,15,16,17). The van der Waals surface area contributed by atoms with Gasteiger partial charge in [0.05, 0.1) is 22.8 Å². The topological polar surface area (TPSA) is 84.3 Å². The van der Waals surface area contributed by atoms with E-state index < -0.39 is 0 Å². The molecule has 0 saturated carbocycles. The summed E-state index contributed by atoms with van der Waals surface area (Å²) in [6.45, 7) is 8.10. The Balaban J connectivity index is 2.03. The molecule has 0 bridgehead atoms. The third-order valence-electron chi connectivity index (χ3n) is 3.77. The Morgan fingerprint density at radius 3 is 2.62 bits per heavy atom. The van der Waals surface area contributed by atoms with Gasteiger partial charge in [-0.15, -0.1) is 0 Å². The van der Waals surface area contributed by atoms with Gasteiger partial charge in [0, 0.05) is 18.3 Å². The fourth-order valence-corrected chi connectivity index (χ4v) is 2.86. The van der Waals surface area contributed by atoms with Crippen molar-refractivity contribution in [1.29, 1.82) is 0 Å². The van der Waals surface area contributed by atoms with E-state index in [1.165, 1.54) is 5.56 Å². The SMILES string of the molecule is Cc1n[nH]c(C)c1C(C)Nc1ncnc2c1c(C)nn2C. The highest BCUT2D eigenvalue weighted by Gasteiger charge is 2.18. The zero-order chi connectivity index (χ0) is 15.1. The van der Waals surface area contributed by atoms with Crippen LogP contribution in [0, 0.1) is 20.8 Å². The molecule has 0 amide bonds. The van der Waals surface area contributed by atoms with Crippen LogP contribution in [0.1, 0.15) is 35.6 Å². The molecule has 1 unspecified atom stereocenters. The van der Waals surface area contributed by atoms with Crippen LogP contribution in [0.5, 0.6) is 0 Å². The molecule has 0 spiro atoms. The zero-order valence-electron chi connectivity index (χ0n) is 12.9. The van der Waals surface area contributed by atoms with Gasteiger partial charge in [-0.3, -0.25) is 9.78 Å². The number of anilines is 1. The van der Waals surface area contributed by atoms with Gasteiger partial charge in [0.1, 0.15) is 12.1 Å². The number of aromatic nitrogens is 6. The van der Waals surface area contributed by atoms with E-state index in [0.717, 1.165) is 33.9 Å². The summed E-state index contributed by atoms with van der Waals surface area (Å²) in [5.41, 5.74) is 4.99. The molecule has 0 radical (unpaired) electrons. The quantitative estimate of drug-likeness (QED) is 0.770. The largest absolute Gasteiger partial charge is 0.363 e. The Morgan fingerprint density at radius 2 is 1.95 bits per heavy atom. The normalized spacial score (nSPS) is 12.8. The predicted molar refractivity (Wildman–Crippen MR) is 81.1 cm³/mol. The van der Waals surface area contributed by atoms with Crippen molar-refractivity contribution in [3.8, 4) is 0 Å². The van der Waals surface area contributed by atoms with Gasteiger partial charge >= 0.3 is 0 Å². The van der Waals surface area contributed by atoms with E-state index in [-0.39, 0.29) is 6.04 Å². The molecule has 2 N–H and O–H groups in total. The molecular weight excluding hydrogens is 266 g/mol. The highest BCUT2D eigenvalue weighted by Crippen LogP contribution is 2.27. The van der Waals surface area contributed by atoms with Gasteiger partial charge in [0.25, 0.3) is 0 Å². The van der Waals surface area contributed by atoms with Crippen molar-refractivity contribution in [2.24, 2.45) is 7.05 Å². The molecular formula is C14H19N7. The minimum absolute atomic E-state index is 0.0986. The average molecular weight is 285 g/mol. The summed E-state index contributed by atoms with van der Waals surface area (Å²) >= 11 is 0. The van der Waals surface area contributed by atoms with E-state index in [1.807, 2.05) is 27.8 Å². The summed E-state index contributed by atoms with van der Waals surface area (Å²) in [5, 5.41) is 16.1. The lowest BCUT2D eigenvalue weighted by molar-refractivity contribution is 0.773. The van der Waals surface area contributed by atoms with Crippen LogP contribution < -0.4 is 5.32 Å². The summed E-state index contributed by atoms with van der Waals surface area (Å²) in [7, 11) is 1.89. The molecule has 21 heavy (non-hydrogen) atoms. The van der Waals surface area contributed by atoms with Crippen LogP contribution >= 0.6 is 0 Å². The fraction of sp³-hybridized carbons (Fsp3) is 0.429. The first-order valence-corrected chi connectivity index (χ1v) is 6.91. The van der Waals surface area contributed by atoms with Gasteiger partial charge in [0.15, 0.2) is 5.65 Å². The number of hydrogen-bond acceptors (Lipinski definition) is 5. The first-order valence-electron chi connectivity index (χ1n) is 6.91. The minimum atomic E-state index is 0.0986. The molecule has 0 fully saturated rings. The highest BCUT2D eigenvalue weighted by molar-refractivity contribution is 5.89. The molecule has 110 valence electrons. The van der Waals surface area contributed by atoms with Crippen LogP contribution in [-0.4, -0.2) is 29.9 Å². The summed E-state index contributed by atoms with van der Waals surface area (Å²) < 4.78 is 1.77. The molecule has 3 heterocycles. The van der Waals surface area contributed by atoms with Crippen molar-refractivity contribution in [2.45, 2.75) is 33.7 Å². The Kier molecular flexibility index (Phi) is 3.12. The fourth-order valence-electron chi connectivity index (χ4n) is 2.86. The molecule has 7 nitrogen and oxygen atoms in total. The summed E-state index contributed by atoms with van der Waals surface area (Å²) in [6.07, 6.45) is 1.56. The number of fused-ring (bicyclic) bond motifs is 1. The van der Waals surface area contributed by atoms with Crippen molar-refractivity contribution in [1.82, 2.24) is 29.9 Å². The summed E-state index contributed by atoms with van der Waals surface area (Å²) in [5.74, 6) is 0.804. The summed E-state index contributed by atoms with van der Waals surface area (Å²) in [6, 6.07) is 0.0986. The van der Waals surface area contributed by atoms with Crippen LogP contribution in [0.15, 0.2) is 6.33 Å². The van der Waals surface area contributed by atoms with Crippen LogP contribution in [0.3, 0.4) is 0 Å². The molecule has 0 aromatic carbocycles. The molecule has 0 aliphatic heterocycles. The Bertz CT molecular complexity index is 780. The van der Waals surface area contributed by atoms with E-state index in [1.54, 1.807) is 11.0 Å². The molecule has 3 aromatic heterocycles. The second kappa shape index (κ2) is 4.83. The van der Waals surface area contributed by atoms with Crippen LogP contribution in [0.25, 0.3) is 11.0 Å².